The SMILES string of the molecule is CCOCC1(C(=O)N(C)CC(C)C(=O)O)CC1. The largest absolute Gasteiger partial charge is 0.481 e. The van der Waals surface area contributed by atoms with Crippen LogP contribution in [0.1, 0.15) is 26.7 Å². The molecule has 0 heterocycles. The monoisotopic (exact) mass is 243 g/mol. The maximum Gasteiger partial charge on any atom is 0.308 e. The highest BCUT2D eigenvalue weighted by molar-refractivity contribution is 5.85. The molecule has 0 aliphatic heterocycles. The molecule has 0 aromatic carbocycles. The minimum Gasteiger partial charge on any atom is -0.481 e. The van der Waals surface area contributed by atoms with Crippen LogP contribution in [0.2, 0.25) is 0 Å². The van der Waals surface area contributed by atoms with Crippen molar-refractivity contribution in [3.05, 3.63) is 0 Å². The van der Waals surface area contributed by atoms with E-state index in [9.17, 15) is 9.59 Å². The molecule has 0 radical (unpaired) electrons. The summed E-state index contributed by atoms with van der Waals surface area (Å²) in [7, 11) is 1.66. The van der Waals surface area contributed by atoms with E-state index in [0.717, 1.165) is 12.8 Å². The van der Waals surface area contributed by atoms with Crippen molar-refractivity contribution >= 4 is 11.9 Å². The maximum atomic E-state index is 12.1. The zero-order valence-corrected chi connectivity index (χ0v) is 10.7. The lowest BCUT2D eigenvalue weighted by molar-refractivity contribution is -0.144. The van der Waals surface area contributed by atoms with E-state index < -0.39 is 11.9 Å². The molecule has 1 unspecified atom stereocenters. The third-order valence-corrected chi connectivity index (χ3v) is 3.21. The topological polar surface area (TPSA) is 66.8 Å². The number of carboxylic acids is 1. The number of carboxylic acid groups (broad SMARTS) is 1. The summed E-state index contributed by atoms with van der Waals surface area (Å²) in [6.45, 7) is 4.81. The van der Waals surface area contributed by atoms with Gasteiger partial charge in [-0.1, -0.05) is 6.92 Å². The lowest BCUT2D eigenvalue weighted by atomic mass is 10.1. The molecule has 17 heavy (non-hydrogen) atoms. The fraction of sp³-hybridized carbons (Fsp3) is 0.833. The molecule has 0 spiro atoms. The number of ether oxygens (including phenoxy) is 1. The molecule has 1 saturated carbocycles. The first kappa shape index (κ1) is 14.0. The molecule has 0 aromatic rings. The van der Waals surface area contributed by atoms with Gasteiger partial charge in [-0.15, -0.1) is 0 Å². The number of amides is 1. The van der Waals surface area contributed by atoms with Crippen LogP contribution in [0.15, 0.2) is 0 Å². The van der Waals surface area contributed by atoms with Crippen LogP contribution < -0.4 is 0 Å². The molecule has 1 N–H and O–H groups in total. The van der Waals surface area contributed by atoms with E-state index in [-0.39, 0.29) is 17.9 Å². The van der Waals surface area contributed by atoms with Gasteiger partial charge in [0.25, 0.3) is 0 Å². The van der Waals surface area contributed by atoms with Gasteiger partial charge in [0.2, 0.25) is 5.91 Å². The number of hydrogen-bond acceptors (Lipinski definition) is 3. The Balaban J connectivity index is 2.49. The molecule has 1 aliphatic carbocycles. The van der Waals surface area contributed by atoms with Crippen molar-refractivity contribution < 1.29 is 19.4 Å². The Kier molecular flexibility index (Phi) is 4.51. The third-order valence-electron chi connectivity index (χ3n) is 3.21. The van der Waals surface area contributed by atoms with Crippen molar-refractivity contribution in [3.63, 3.8) is 0 Å². The van der Waals surface area contributed by atoms with Crippen molar-refractivity contribution in [3.8, 4) is 0 Å². The van der Waals surface area contributed by atoms with Gasteiger partial charge in [-0.3, -0.25) is 9.59 Å². The van der Waals surface area contributed by atoms with Crippen molar-refractivity contribution in [1.82, 2.24) is 4.90 Å². The van der Waals surface area contributed by atoms with Gasteiger partial charge in [0.15, 0.2) is 0 Å². The van der Waals surface area contributed by atoms with E-state index in [1.807, 2.05) is 6.92 Å². The van der Waals surface area contributed by atoms with Crippen LogP contribution in [0.4, 0.5) is 0 Å². The first-order valence-electron chi connectivity index (χ1n) is 5.99. The summed E-state index contributed by atoms with van der Waals surface area (Å²) in [5, 5.41) is 8.81. The van der Waals surface area contributed by atoms with E-state index in [1.54, 1.807) is 14.0 Å². The fourth-order valence-electron chi connectivity index (χ4n) is 1.84. The Morgan fingerprint density at radius 2 is 2.06 bits per heavy atom. The fourth-order valence-corrected chi connectivity index (χ4v) is 1.84. The van der Waals surface area contributed by atoms with Crippen LogP contribution in [-0.2, 0) is 14.3 Å². The van der Waals surface area contributed by atoms with Gasteiger partial charge in [0.05, 0.1) is 17.9 Å². The summed E-state index contributed by atoms with van der Waals surface area (Å²) in [5.41, 5.74) is -0.372. The van der Waals surface area contributed by atoms with Gasteiger partial charge in [-0.25, -0.2) is 0 Å². The number of carbonyl (C=O) groups is 2. The predicted molar refractivity (Wildman–Crippen MR) is 62.6 cm³/mol. The lowest BCUT2D eigenvalue weighted by Gasteiger charge is -2.24. The van der Waals surface area contributed by atoms with Gasteiger partial charge < -0.3 is 14.7 Å². The molecule has 1 fully saturated rings. The summed E-state index contributed by atoms with van der Waals surface area (Å²) >= 11 is 0. The summed E-state index contributed by atoms with van der Waals surface area (Å²) in [4.78, 5) is 24.4. The molecule has 1 amide bonds. The van der Waals surface area contributed by atoms with Crippen LogP contribution in [0.5, 0.6) is 0 Å². The number of nitrogens with zero attached hydrogens (tertiary/aromatic N) is 1. The van der Waals surface area contributed by atoms with E-state index in [4.69, 9.17) is 9.84 Å². The van der Waals surface area contributed by atoms with Crippen LogP contribution in [0.25, 0.3) is 0 Å². The second-order valence-electron chi connectivity index (χ2n) is 4.84. The lowest BCUT2D eigenvalue weighted by Crippen LogP contribution is -2.40. The highest BCUT2D eigenvalue weighted by Gasteiger charge is 2.51. The number of rotatable bonds is 7. The summed E-state index contributed by atoms with van der Waals surface area (Å²) < 4.78 is 5.32. The molecule has 1 aliphatic rings. The molecular weight excluding hydrogens is 222 g/mol. The van der Waals surface area contributed by atoms with Crippen molar-refractivity contribution in [2.45, 2.75) is 26.7 Å². The van der Waals surface area contributed by atoms with Crippen molar-refractivity contribution in [2.24, 2.45) is 11.3 Å². The minimum absolute atomic E-state index is 0.0130. The Morgan fingerprint density at radius 1 is 1.47 bits per heavy atom. The van der Waals surface area contributed by atoms with E-state index in [2.05, 4.69) is 0 Å². The molecule has 0 aromatic heterocycles. The summed E-state index contributed by atoms with van der Waals surface area (Å²) in [6, 6.07) is 0. The Labute approximate surface area is 102 Å². The molecule has 1 atom stereocenters. The smallest absolute Gasteiger partial charge is 0.308 e. The zero-order chi connectivity index (χ0) is 13.1. The molecule has 1 rings (SSSR count). The Hall–Kier alpha value is -1.10. The van der Waals surface area contributed by atoms with E-state index in [1.165, 1.54) is 4.90 Å². The Morgan fingerprint density at radius 3 is 2.47 bits per heavy atom. The minimum atomic E-state index is -0.876. The summed E-state index contributed by atoms with van der Waals surface area (Å²) in [5.74, 6) is -1.40. The Bertz CT molecular complexity index is 299. The highest BCUT2D eigenvalue weighted by Crippen LogP contribution is 2.47. The number of hydrogen-bond donors (Lipinski definition) is 1. The average molecular weight is 243 g/mol. The average Bonchev–Trinajstić information content (AvgIpc) is 3.06. The van der Waals surface area contributed by atoms with Gasteiger partial charge in [-0.05, 0) is 19.8 Å². The predicted octanol–water partition coefficient (Wildman–Crippen LogP) is 0.982. The van der Waals surface area contributed by atoms with E-state index >= 15 is 0 Å². The maximum absolute atomic E-state index is 12.1. The van der Waals surface area contributed by atoms with Crippen molar-refractivity contribution in [1.29, 1.82) is 0 Å². The molecule has 98 valence electrons. The normalized spacial score (nSPS) is 18.5. The molecular formula is C12H21NO4. The first-order valence-corrected chi connectivity index (χ1v) is 5.99. The molecule has 5 heteroatoms. The standard InChI is InChI=1S/C12H21NO4/c1-4-17-8-12(5-6-12)11(16)13(3)7-9(2)10(14)15/h9H,4-8H2,1-3H3,(H,14,15). The molecule has 0 saturated heterocycles. The van der Waals surface area contributed by atoms with Gasteiger partial charge in [0, 0.05) is 20.2 Å². The summed E-state index contributed by atoms with van der Waals surface area (Å²) in [6.07, 6.45) is 1.69. The number of aliphatic carboxylic acids is 1. The highest BCUT2D eigenvalue weighted by atomic mass is 16.5. The van der Waals surface area contributed by atoms with Gasteiger partial charge in [0.1, 0.15) is 0 Å². The van der Waals surface area contributed by atoms with Gasteiger partial charge in [-0.2, -0.15) is 0 Å². The first-order chi connectivity index (χ1) is 7.93. The number of carbonyl (C=O) groups excluding carboxylic acids is 1. The van der Waals surface area contributed by atoms with Crippen LogP contribution in [-0.4, -0.2) is 48.7 Å². The van der Waals surface area contributed by atoms with Crippen LogP contribution in [0, 0.1) is 11.3 Å². The second-order valence-corrected chi connectivity index (χ2v) is 4.84. The van der Waals surface area contributed by atoms with Crippen LogP contribution in [0.3, 0.4) is 0 Å². The quantitative estimate of drug-likeness (QED) is 0.724. The second kappa shape index (κ2) is 5.49. The van der Waals surface area contributed by atoms with Gasteiger partial charge >= 0.3 is 5.97 Å². The molecule has 0 bridgehead atoms. The van der Waals surface area contributed by atoms with Crippen molar-refractivity contribution in [2.75, 3.05) is 26.8 Å². The van der Waals surface area contributed by atoms with Crippen LogP contribution >= 0.6 is 0 Å². The molecule has 5 nitrogen and oxygen atoms in total. The zero-order valence-electron chi connectivity index (χ0n) is 10.7. The third kappa shape index (κ3) is 3.43. The van der Waals surface area contributed by atoms with E-state index in [0.29, 0.717) is 13.2 Å².